The monoisotopic (exact) mass is 186 g/mol. The van der Waals surface area contributed by atoms with Crippen molar-refractivity contribution in [1.29, 1.82) is 5.26 Å². The zero-order valence-electron chi connectivity index (χ0n) is 8.54. The Labute approximate surface area is 84.6 Å². The van der Waals surface area contributed by atoms with Crippen molar-refractivity contribution in [1.82, 2.24) is 0 Å². The van der Waals surface area contributed by atoms with Gasteiger partial charge in [0.1, 0.15) is 0 Å². The van der Waals surface area contributed by atoms with Crippen molar-refractivity contribution in [2.24, 2.45) is 5.92 Å². The fraction of sp³-hybridized carbons (Fsp3) is 0.417. The molecule has 1 N–H and O–H groups in total. The molecule has 0 spiro atoms. The molecule has 0 bridgehead atoms. The molecule has 0 heterocycles. The molecule has 2 atom stereocenters. The molecule has 2 rings (SSSR count). The summed E-state index contributed by atoms with van der Waals surface area (Å²) >= 11 is 0. The summed E-state index contributed by atoms with van der Waals surface area (Å²) in [6, 6.07) is 8.57. The van der Waals surface area contributed by atoms with E-state index >= 15 is 0 Å². The Morgan fingerprint density at radius 1 is 1.50 bits per heavy atom. The average molecular weight is 186 g/mol. The second-order valence-corrected chi connectivity index (χ2v) is 4.11. The molecule has 2 nitrogen and oxygen atoms in total. The normalized spacial score (nSPS) is 24.1. The Morgan fingerprint density at radius 2 is 2.21 bits per heavy atom. The minimum Gasteiger partial charge on any atom is -0.382 e. The third-order valence-corrected chi connectivity index (χ3v) is 2.81. The molecule has 1 saturated carbocycles. The van der Waals surface area contributed by atoms with Gasteiger partial charge in [0, 0.05) is 11.7 Å². The van der Waals surface area contributed by atoms with Gasteiger partial charge < -0.3 is 5.32 Å². The number of rotatable bonds is 2. The van der Waals surface area contributed by atoms with E-state index in [-0.39, 0.29) is 0 Å². The molecular formula is C12H14N2. The summed E-state index contributed by atoms with van der Waals surface area (Å²) < 4.78 is 0. The number of anilines is 1. The van der Waals surface area contributed by atoms with Crippen molar-refractivity contribution in [3.8, 4) is 6.07 Å². The van der Waals surface area contributed by atoms with E-state index in [2.05, 4.69) is 18.3 Å². The van der Waals surface area contributed by atoms with Crippen LogP contribution in [0.1, 0.15) is 24.5 Å². The largest absolute Gasteiger partial charge is 0.382 e. The van der Waals surface area contributed by atoms with E-state index in [0.29, 0.717) is 6.04 Å². The van der Waals surface area contributed by atoms with Gasteiger partial charge in [0.15, 0.2) is 0 Å². The van der Waals surface area contributed by atoms with Gasteiger partial charge in [-0.15, -0.1) is 0 Å². The molecule has 1 aromatic rings. The Kier molecular flexibility index (Phi) is 2.17. The molecule has 0 saturated heterocycles. The van der Waals surface area contributed by atoms with Crippen LogP contribution in [-0.2, 0) is 0 Å². The summed E-state index contributed by atoms with van der Waals surface area (Å²) in [7, 11) is 0. The zero-order valence-corrected chi connectivity index (χ0v) is 8.54. The maximum Gasteiger partial charge on any atom is 0.0991 e. The smallest absolute Gasteiger partial charge is 0.0991 e. The highest BCUT2D eigenvalue weighted by molar-refractivity contribution is 5.55. The van der Waals surface area contributed by atoms with Crippen molar-refractivity contribution in [2.75, 3.05) is 5.32 Å². The Hall–Kier alpha value is -1.49. The van der Waals surface area contributed by atoms with Crippen molar-refractivity contribution >= 4 is 5.69 Å². The van der Waals surface area contributed by atoms with E-state index in [1.54, 1.807) is 0 Å². The summed E-state index contributed by atoms with van der Waals surface area (Å²) in [6.07, 6.45) is 1.26. The average Bonchev–Trinajstić information content (AvgIpc) is 2.85. The van der Waals surface area contributed by atoms with Crippen molar-refractivity contribution in [3.63, 3.8) is 0 Å². The van der Waals surface area contributed by atoms with Crippen LogP contribution in [0.2, 0.25) is 0 Å². The number of benzene rings is 1. The maximum atomic E-state index is 8.72. The Morgan fingerprint density at radius 3 is 2.71 bits per heavy atom. The molecule has 0 amide bonds. The first-order valence-electron chi connectivity index (χ1n) is 4.98. The van der Waals surface area contributed by atoms with Crippen LogP contribution in [0.25, 0.3) is 0 Å². The Bertz CT molecular complexity index is 390. The van der Waals surface area contributed by atoms with Crippen LogP contribution in [-0.4, -0.2) is 6.04 Å². The molecule has 1 aliphatic rings. The van der Waals surface area contributed by atoms with Gasteiger partial charge in [0.2, 0.25) is 0 Å². The topological polar surface area (TPSA) is 35.8 Å². The zero-order chi connectivity index (χ0) is 10.1. The van der Waals surface area contributed by atoms with Gasteiger partial charge >= 0.3 is 0 Å². The fourth-order valence-electron chi connectivity index (χ4n) is 1.62. The standard InChI is InChI=1S/C12H14N2/c1-8-5-10(7-13)3-4-11(8)14-12-6-9(12)2/h3-5,9,12,14H,6H2,1-2H3. The van der Waals surface area contributed by atoms with Crippen LogP contribution >= 0.6 is 0 Å². The van der Waals surface area contributed by atoms with Crippen LogP contribution in [0.4, 0.5) is 5.69 Å². The second-order valence-electron chi connectivity index (χ2n) is 4.11. The van der Waals surface area contributed by atoms with Gasteiger partial charge in [-0.05, 0) is 43.0 Å². The molecule has 2 unspecified atom stereocenters. The van der Waals surface area contributed by atoms with E-state index in [1.165, 1.54) is 12.1 Å². The van der Waals surface area contributed by atoms with Crippen LogP contribution in [0.15, 0.2) is 18.2 Å². The molecule has 14 heavy (non-hydrogen) atoms. The minimum absolute atomic E-state index is 0.640. The number of nitrogens with one attached hydrogen (secondary N) is 1. The Balaban J connectivity index is 2.15. The summed E-state index contributed by atoms with van der Waals surface area (Å²) in [5.74, 6) is 0.796. The predicted molar refractivity (Wildman–Crippen MR) is 57.1 cm³/mol. The first-order chi connectivity index (χ1) is 6.70. The third kappa shape index (κ3) is 1.72. The first-order valence-corrected chi connectivity index (χ1v) is 4.98. The molecule has 0 aliphatic heterocycles. The second kappa shape index (κ2) is 3.34. The number of aryl methyl sites for hydroxylation is 1. The van der Waals surface area contributed by atoms with Crippen molar-refractivity contribution in [2.45, 2.75) is 26.3 Å². The van der Waals surface area contributed by atoms with Gasteiger partial charge in [-0.1, -0.05) is 6.92 Å². The minimum atomic E-state index is 0.640. The summed E-state index contributed by atoms with van der Waals surface area (Å²) in [6.45, 7) is 4.28. The fourth-order valence-corrected chi connectivity index (χ4v) is 1.62. The highest BCUT2D eigenvalue weighted by Crippen LogP contribution is 2.33. The maximum absolute atomic E-state index is 8.72. The lowest BCUT2D eigenvalue weighted by atomic mass is 10.1. The van der Waals surface area contributed by atoms with Crippen LogP contribution < -0.4 is 5.32 Å². The number of hydrogen-bond donors (Lipinski definition) is 1. The predicted octanol–water partition coefficient (Wildman–Crippen LogP) is 2.69. The molecule has 1 aliphatic carbocycles. The quantitative estimate of drug-likeness (QED) is 0.770. The van der Waals surface area contributed by atoms with Gasteiger partial charge in [0.05, 0.1) is 11.6 Å². The molecule has 1 fully saturated rings. The van der Waals surface area contributed by atoms with Crippen LogP contribution in [0.5, 0.6) is 0 Å². The number of nitriles is 1. The van der Waals surface area contributed by atoms with Gasteiger partial charge in [-0.3, -0.25) is 0 Å². The van der Waals surface area contributed by atoms with Crippen molar-refractivity contribution in [3.05, 3.63) is 29.3 Å². The van der Waals surface area contributed by atoms with Crippen molar-refractivity contribution < 1.29 is 0 Å². The lowest BCUT2D eigenvalue weighted by Crippen LogP contribution is -2.04. The molecule has 72 valence electrons. The van der Waals surface area contributed by atoms with Crippen LogP contribution in [0.3, 0.4) is 0 Å². The summed E-state index contributed by atoms with van der Waals surface area (Å²) in [4.78, 5) is 0. The van der Waals surface area contributed by atoms with Gasteiger partial charge in [-0.2, -0.15) is 5.26 Å². The van der Waals surface area contributed by atoms with Gasteiger partial charge in [-0.25, -0.2) is 0 Å². The first kappa shape index (κ1) is 9.08. The summed E-state index contributed by atoms with van der Waals surface area (Å²) in [5.41, 5.74) is 3.05. The van der Waals surface area contributed by atoms with Gasteiger partial charge in [0.25, 0.3) is 0 Å². The molecular weight excluding hydrogens is 172 g/mol. The van der Waals surface area contributed by atoms with E-state index in [0.717, 1.165) is 17.0 Å². The highest BCUT2D eigenvalue weighted by atomic mass is 15.0. The third-order valence-electron chi connectivity index (χ3n) is 2.81. The molecule has 1 aromatic carbocycles. The lowest BCUT2D eigenvalue weighted by molar-refractivity contribution is 0.928. The molecule has 0 aromatic heterocycles. The van der Waals surface area contributed by atoms with E-state index in [1.807, 2.05) is 25.1 Å². The van der Waals surface area contributed by atoms with Crippen LogP contribution in [0, 0.1) is 24.2 Å². The summed E-state index contributed by atoms with van der Waals surface area (Å²) in [5, 5.41) is 12.2. The molecule has 0 radical (unpaired) electrons. The lowest BCUT2D eigenvalue weighted by Gasteiger charge is -2.08. The number of nitrogens with zero attached hydrogens (tertiary/aromatic N) is 1. The van der Waals surface area contributed by atoms with E-state index in [4.69, 9.17) is 5.26 Å². The molecule has 2 heteroatoms. The SMILES string of the molecule is Cc1cc(C#N)ccc1NC1CC1C. The van der Waals surface area contributed by atoms with E-state index < -0.39 is 0 Å². The van der Waals surface area contributed by atoms with E-state index in [9.17, 15) is 0 Å². The highest BCUT2D eigenvalue weighted by Gasteiger charge is 2.32. The number of hydrogen-bond acceptors (Lipinski definition) is 2.